The standard InChI is InChI=1S/C24H21BrCl2F3NO3/c1-33-18-3-2-14(34-19-16(26)4-13(25)5-17(19)27)6-15(18)20(32)31-24-10-21(28)7-22(29,11-24)9-23(30,8-21)12-24/h2-6H,7-12H2,1H3,(H,31,32). The normalized spacial score (nSPS) is 33.6. The summed E-state index contributed by atoms with van der Waals surface area (Å²) in [4.78, 5) is 13.3. The molecule has 4 saturated carbocycles. The van der Waals surface area contributed by atoms with Gasteiger partial charge in [0.25, 0.3) is 5.91 Å². The first kappa shape index (κ1) is 24.1. The summed E-state index contributed by atoms with van der Waals surface area (Å²) >= 11 is 15.8. The predicted octanol–water partition coefficient (Wildman–Crippen LogP) is 7.53. The molecule has 0 unspecified atom stereocenters. The second kappa shape index (κ2) is 7.93. The van der Waals surface area contributed by atoms with Gasteiger partial charge in [-0.2, -0.15) is 0 Å². The molecule has 4 aliphatic rings. The lowest BCUT2D eigenvalue weighted by atomic mass is 9.49. The van der Waals surface area contributed by atoms with Crippen molar-refractivity contribution in [3.05, 3.63) is 50.4 Å². The van der Waals surface area contributed by atoms with E-state index in [4.69, 9.17) is 32.7 Å². The maximum Gasteiger partial charge on any atom is 0.255 e. The topological polar surface area (TPSA) is 47.6 Å². The number of ether oxygens (including phenoxy) is 2. The van der Waals surface area contributed by atoms with Crippen molar-refractivity contribution >= 4 is 45.0 Å². The zero-order valence-corrected chi connectivity index (χ0v) is 21.2. The van der Waals surface area contributed by atoms with Gasteiger partial charge in [-0.25, -0.2) is 13.2 Å². The van der Waals surface area contributed by atoms with Crippen molar-refractivity contribution in [1.82, 2.24) is 5.32 Å². The summed E-state index contributed by atoms with van der Waals surface area (Å²) in [5.41, 5.74) is -7.17. The number of carbonyl (C=O) groups excluding carboxylic acids is 1. The summed E-state index contributed by atoms with van der Waals surface area (Å²) < 4.78 is 57.8. The molecule has 0 saturated heterocycles. The molecule has 4 aliphatic carbocycles. The molecule has 0 atom stereocenters. The van der Waals surface area contributed by atoms with Gasteiger partial charge >= 0.3 is 0 Å². The maximum absolute atomic E-state index is 15.3. The van der Waals surface area contributed by atoms with Crippen LogP contribution in [0.3, 0.4) is 0 Å². The van der Waals surface area contributed by atoms with E-state index in [-0.39, 0.29) is 71.4 Å². The van der Waals surface area contributed by atoms with Gasteiger partial charge in [0.05, 0.1) is 22.7 Å². The molecular formula is C24H21BrCl2F3NO3. The average molecular weight is 579 g/mol. The molecule has 0 aliphatic heterocycles. The minimum absolute atomic E-state index is 0.0776. The number of benzene rings is 2. The zero-order valence-electron chi connectivity index (χ0n) is 18.1. The number of rotatable bonds is 5. The van der Waals surface area contributed by atoms with Crippen molar-refractivity contribution in [1.29, 1.82) is 0 Å². The Labute approximate surface area is 213 Å². The van der Waals surface area contributed by atoms with E-state index in [0.29, 0.717) is 4.47 Å². The van der Waals surface area contributed by atoms with Crippen LogP contribution in [0, 0.1) is 0 Å². The number of carbonyl (C=O) groups is 1. The molecule has 1 N–H and O–H groups in total. The highest BCUT2D eigenvalue weighted by Crippen LogP contribution is 2.64. The molecule has 0 spiro atoms. The van der Waals surface area contributed by atoms with Crippen LogP contribution in [0.4, 0.5) is 13.2 Å². The number of halogens is 6. The van der Waals surface area contributed by atoms with Crippen LogP contribution in [0.1, 0.15) is 48.9 Å². The van der Waals surface area contributed by atoms with E-state index in [1.165, 1.54) is 19.2 Å². The fraction of sp³-hybridized carbons (Fsp3) is 0.458. The molecule has 0 heterocycles. The zero-order chi connectivity index (χ0) is 24.5. The van der Waals surface area contributed by atoms with E-state index in [1.807, 2.05) is 0 Å². The highest BCUT2D eigenvalue weighted by Gasteiger charge is 2.70. The van der Waals surface area contributed by atoms with E-state index in [9.17, 15) is 4.79 Å². The summed E-state index contributed by atoms with van der Waals surface area (Å²) in [6.07, 6.45) is -1.34. The van der Waals surface area contributed by atoms with Crippen LogP contribution in [0.25, 0.3) is 0 Å². The lowest BCUT2D eigenvalue weighted by Gasteiger charge is -2.63. The first-order chi connectivity index (χ1) is 15.8. The highest BCUT2D eigenvalue weighted by molar-refractivity contribution is 9.10. The molecule has 1 amide bonds. The Balaban J connectivity index is 1.44. The van der Waals surface area contributed by atoms with Gasteiger partial charge in [-0.15, -0.1) is 0 Å². The van der Waals surface area contributed by atoms with Gasteiger partial charge in [-0.3, -0.25) is 4.79 Å². The molecule has 2 aromatic rings. The number of hydrogen-bond donors (Lipinski definition) is 1. The molecule has 2 aromatic carbocycles. The summed E-state index contributed by atoms with van der Waals surface area (Å²) in [5.74, 6) is 0.0336. The Bertz CT molecular complexity index is 1120. The fourth-order valence-corrected chi connectivity index (χ4v) is 7.67. The summed E-state index contributed by atoms with van der Waals surface area (Å²) in [7, 11) is 1.39. The van der Waals surface area contributed by atoms with Crippen LogP contribution in [0.15, 0.2) is 34.8 Å². The van der Waals surface area contributed by atoms with Gasteiger partial charge < -0.3 is 14.8 Å². The second-order valence-corrected chi connectivity index (χ2v) is 11.6. The maximum atomic E-state index is 15.3. The van der Waals surface area contributed by atoms with Gasteiger partial charge in [0.15, 0.2) is 5.75 Å². The fourth-order valence-electron chi connectivity index (χ4n) is 6.39. The number of alkyl halides is 3. The molecule has 182 valence electrons. The Hall–Kier alpha value is -1.64. The molecule has 4 nitrogen and oxygen atoms in total. The summed E-state index contributed by atoms with van der Waals surface area (Å²) in [6, 6.07) is 7.73. The van der Waals surface area contributed by atoms with Gasteiger partial charge in [-0.1, -0.05) is 39.1 Å². The van der Waals surface area contributed by atoms with Gasteiger partial charge in [0.1, 0.15) is 28.5 Å². The third kappa shape index (κ3) is 4.26. The number of hydrogen-bond acceptors (Lipinski definition) is 3. The van der Waals surface area contributed by atoms with Crippen LogP contribution >= 0.6 is 39.1 Å². The first-order valence-electron chi connectivity index (χ1n) is 10.7. The van der Waals surface area contributed by atoms with Gasteiger partial charge in [0.2, 0.25) is 0 Å². The monoisotopic (exact) mass is 577 g/mol. The second-order valence-electron chi connectivity index (χ2n) is 9.91. The summed E-state index contributed by atoms with van der Waals surface area (Å²) in [6.45, 7) is 0. The quantitative estimate of drug-likeness (QED) is 0.399. The first-order valence-corrected chi connectivity index (χ1v) is 12.3. The third-order valence-electron chi connectivity index (χ3n) is 6.84. The van der Waals surface area contributed by atoms with E-state index in [1.54, 1.807) is 18.2 Å². The molecular weight excluding hydrogens is 558 g/mol. The Morgan fingerprint density at radius 3 is 1.97 bits per heavy atom. The lowest BCUT2D eigenvalue weighted by molar-refractivity contribution is -0.193. The Kier molecular flexibility index (Phi) is 5.62. The SMILES string of the molecule is COc1ccc(Oc2c(Cl)cc(Br)cc2Cl)cc1C(=O)NC12CC3(F)CC(F)(CC(F)(C3)C1)C2. The van der Waals surface area contributed by atoms with Crippen molar-refractivity contribution in [3.8, 4) is 17.2 Å². The molecule has 0 aromatic heterocycles. The summed E-state index contributed by atoms with van der Waals surface area (Å²) in [5, 5.41) is 3.27. The highest BCUT2D eigenvalue weighted by atomic mass is 79.9. The van der Waals surface area contributed by atoms with E-state index in [2.05, 4.69) is 21.2 Å². The largest absolute Gasteiger partial charge is 0.496 e. The Morgan fingerprint density at radius 2 is 1.47 bits per heavy atom. The predicted molar refractivity (Wildman–Crippen MR) is 127 cm³/mol. The molecule has 10 heteroatoms. The van der Waals surface area contributed by atoms with E-state index >= 15 is 13.2 Å². The van der Waals surface area contributed by atoms with Crippen molar-refractivity contribution < 1.29 is 27.4 Å². The smallest absolute Gasteiger partial charge is 0.255 e. The molecule has 34 heavy (non-hydrogen) atoms. The Morgan fingerprint density at radius 1 is 0.941 bits per heavy atom. The van der Waals surface area contributed by atoms with Gasteiger partial charge in [-0.05, 0) is 30.3 Å². The number of nitrogens with one attached hydrogen (secondary N) is 1. The molecule has 6 rings (SSSR count). The average Bonchev–Trinajstić information content (AvgIpc) is 2.66. The van der Waals surface area contributed by atoms with Crippen molar-refractivity contribution in [2.45, 2.75) is 61.1 Å². The number of methoxy groups -OCH3 is 1. The van der Waals surface area contributed by atoms with Crippen molar-refractivity contribution in [2.75, 3.05) is 7.11 Å². The van der Waals surface area contributed by atoms with Crippen LogP contribution < -0.4 is 14.8 Å². The number of amides is 1. The van der Waals surface area contributed by atoms with Crippen LogP contribution in [-0.4, -0.2) is 35.6 Å². The molecule has 4 bridgehead atoms. The van der Waals surface area contributed by atoms with E-state index < -0.39 is 28.5 Å². The van der Waals surface area contributed by atoms with Crippen LogP contribution in [-0.2, 0) is 0 Å². The van der Waals surface area contributed by atoms with E-state index in [0.717, 1.165) is 0 Å². The lowest BCUT2D eigenvalue weighted by Crippen LogP contribution is -2.72. The molecule has 4 fully saturated rings. The van der Waals surface area contributed by atoms with Crippen LogP contribution in [0.2, 0.25) is 10.0 Å². The minimum Gasteiger partial charge on any atom is -0.496 e. The van der Waals surface area contributed by atoms with Crippen molar-refractivity contribution in [3.63, 3.8) is 0 Å². The third-order valence-corrected chi connectivity index (χ3v) is 7.86. The van der Waals surface area contributed by atoms with Gasteiger partial charge in [0, 0.05) is 48.5 Å². The molecule has 0 radical (unpaired) electrons. The minimum atomic E-state index is -1.98. The van der Waals surface area contributed by atoms with Crippen molar-refractivity contribution in [2.24, 2.45) is 0 Å². The van der Waals surface area contributed by atoms with Crippen LogP contribution in [0.5, 0.6) is 17.2 Å².